The standard InChI is InChI=1S/C5H2BrN3S/c6-5-9-4-3(10-5)1-7-2-8-4/h1-2H. The molecule has 0 unspecified atom stereocenters. The van der Waals surface area contributed by atoms with Crippen molar-refractivity contribution in [3.8, 4) is 0 Å². The summed E-state index contributed by atoms with van der Waals surface area (Å²) in [5.41, 5.74) is 0.756. The van der Waals surface area contributed by atoms with Gasteiger partial charge in [0.25, 0.3) is 0 Å². The van der Waals surface area contributed by atoms with E-state index in [1.165, 1.54) is 17.7 Å². The first-order valence-corrected chi connectivity index (χ1v) is 4.19. The normalized spacial score (nSPS) is 10.5. The number of rotatable bonds is 0. The second-order valence-electron chi connectivity index (χ2n) is 1.68. The number of thiazole rings is 1. The van der Waals surface area contributed by atoms with E-state index in [0.717, 1.165) is 14.3 Å². The Hall–Kier alpha value is -0.550. The van der Waals surface area contributed by atoms with Crippen LogP contribution in [0.1, 0.15) is 0 Å². The van der Waals surface area contributed by atoms with Crippen LogP contribution >= 0.6 is 27.3 Å². The van der Waals surface area contributed by atoms with Crippen LogP contribution in [0.5, 0.6) is 0 Å². The zero-order chi connectivity index (χ0) is 6.97. The lowest BCUT2D eigenvalue weighted by Crippen LogP contribution is -1.75. The van der Waals surface area contributed by atoms with Crippen LogP contribution in [-0.2, 0) is 0 Å². The van der Waals surface area contributed by atoms with E-state index in [-0.39, 0.29) is 0 Å². The Labute approximate surface area is 69.3 Å². The van der Waals surface area contributed by atoms with E-state index in [2.05, 4.69) is 30.9 Å². The van der Waals surface area contributed by atoms with Gasteiger partial charge in [-0.15, -0.1) is 11.3 Å². The molecule has 50 valence electrons. The quantitative estimate of drug-likeness (QED) is 0.674. The van der Waals surface area contributed by atoms with Crippen molar-refractivity contribution in [1.29, 1.82) is 0 Å². The molecule has 0 aliphatic rings. The molecule has 3 nitrogen and oxygen atoms in total. The number of nitrogens with zero attached hydrogens (tertiary/aromatic N) is 3. The van der Waals surface area contributed by atoms with Crippen LogP contribution in [0.4, 0.5) is 0 Å². The van der Waals surface area contributed by atoms with Crippen LogP contribution in [0.15, 0.2) is 16.4 Å². The van der Waals surface area contributed by atoms with Crippen LogP contribution < -0.4 is 0 Å². The highest BCUT2D eigenvalue weighted by molar-refractivity contribution is 9.11. The molecular weight excluding hydrogens is 214 g/mol. The molecule has 2 rings (SSSR count). The van der Waals surface area contributed by atoms with Crippen molar-refractivity contribution in [3.05, 3.63) is 16.4 Å². The van der Waals surface area contributed by atoms with E-state index < -0.39 is 0 Å². The summed E-state index contributed by atoms with van der Waals surface area (Å²) < 4.78 is 1.86. The van der Waals surface area contributed by atoms with Gasteiger partial charge in [0.15, 0.2) is 9.56 Å². The number of aromatic nitrogens is 3. The molecule has 0 aliphatic heterocycles. The third kappa shape index (κ3) is 0.911. The molecule has 2 heterocycles. The molecule has 0 fully saturated rings. The van der Waals surface area contributed by atoms with Crippen LogP contribution in [0.25, 0.3) is 10.3 Å². The van der Waals surface area contributed by atoms with Gasteiger partial charge in [-0.2, -0.15) is 0 Å². The number of fused-ring (bicyclic) bond motifs is 1. The molecule has 0 radical (unpaired) electrons. The summed E-state index contributed by atoms with van der Waals surface area (Å²) in [5, 5.41) is 0. The van der Waals surface area contributed by atoms with E-state index in [1.807, 2.05) is 0 Å². The Morgan fingerprint density at radius 1 is 1.50 bits per heavy atom. The van der Waals surface area contributed by atoms with Gasteiger partial charge in [-0.3, -0.25) is 0 Å². The first-order valence-electron chi connectivity index (χ1n) is 2.58. The summed E-state index contributed by atoms with van der Waals surface area (Å²) in [6, 6.07) is 0. The summed E-state index contributed by atoms with van der Waals surface area (Å²) in [7, 11) is 0. The number of halogens is 1. The monoisotopic (exact) mass is 215 g/mol. The largest absolute Gasteiger partial charge is 0.243 e. The van der Waals surface area contributed by atoms with Crippen molar-refractivity contribution in [1.82, 2.24) is 15.0 Å². The van der Waals surface area contributed by atoms with Crippen molar-refractivity contribution in [2.24, 2.45) is 0 Å². The fourth-order valence-electron chi connectivity index (χ4n) is 0.663. The van der Waals surface area contributed by atoms with Crippen LogP contribution in [0.3, 0.4) is 0 Å². The van der Waals surface area contributed by atoms with Crippen LogP contribution in [0.2, 0.25) is 0 Å². The minimum Gasteiger partial charge on any atom is -0.243 e. The maximum Gasteiger partial charge on any atom is 0.174 e. The molecule has 0 amide bonds. The van der Waals surface area contributed by atoms with Crippen molar-refractivity contribution in [2.45, 2.75) is 0 Å². The molecule has 0 aliphatic carbocycles. The average molecular weight is 216 g/mol. The van der Waals surface area contributed by atoms with Gasteiger partial charge in [0, 0.05) is 6.20 Å². The maximum atomic E-state index is 4.10. The molecule has 10 heavy (non-hydrogen) atoms. The summed E-state index contributed by atoms with van der Waals surface area (Å²) in [4.78, 5) is 11.9. The Morgan fingerprint density at radius 2 is 2.40 bits per heavy atom. The van der Waals surface area contributed by atoms with Gasteiger partial charge in [0.05, 0.1) is 4.70 Å². The van der Waals surface area contributed by atoms with Gasteiger partial charge in [-0.1, -0.05) is 0 Å². The van der Waals surface area contributed by atoms with Crippen molar-refractivity contribution < 1.29 is 0 Å². The second kappa shape index (κ2) is 2.25. The number of hydrogen-bond donors (Lipinski definition) is 0. The summed E-state index contributed by atoms with van der Waals surface area (Å²) in [5.74, 6) is 0. The number of hydrogen-bond acceptors (Lipinski definition) is 4. The van der Waals surface area contributed by atoms with Gasteiger partial charge < -0.3 is 0 Å². The topological polar surface area (TPSA) is 38.7 Å². The predicted molar refractivity (Wildman–Crippen MR) is 42.9 cm³/mol. The highest BCUT2D eigenvalue weighted by Crippen LogP contribution is 2.22. The zero-order valence-electron chi connectivity index (χ0n) is 4.78. The zero-order valence-corrected chi connectivity index (χ0v) is 7.19. The predicted octanol–water partition coefficient (Wildman–Crippen LogP) is 1.85. The van der Waals surface area contributed by atoms with E-state index in [0.29, 0.717) is 0 Å². The molecule has 0 bridgehead atoms. The Kier molecular flexibility index (Phi) is 1.39. The van der Waals surface area contributed by atoms with Crippen LogP contribution in [-0.4, -0.2) is 15.0 Å². The Morgan fingerprint density at radius 3 is 3.20 bits per heavy atom. The first kappa shape index (κ1) is 6.18. The highest BCUT2D eigenvalue weighted by Gasteiger charge is 1.99. The van der Waals surface area contributed by atoms with E-state index in [4.69, 9.17) is 0 Å². The van der Waals surface area contributed by atoms with Crippen molar-refractivity contribution >= 4 is 37.6 Å². The summed E-state index contributed by atoms with van der Waals surface area (Å²) in [6.07, 6.45) is 3.25. The van der Waals surface area contributed by atoms with Crippen LogP contribution in [0, 0.1) is 0 Å². The smallest absolute Gasteiger partial charge is 0.174 e. The van der Waals surface area contributed by atoms with Crippen molar-refractivity contribution in [3.63, 3.8) is 0 Å². The van der Waals surface area contributed by atoms with Crippen molar-refractivity contribution in [2.75, 3.05) is 0 Å². The molecule has 0 saturated carbocycles. The first-order chi connectivity index (χ1) is 4.86. The van der Waals surface area contributed by atoms with E-state index in [9.17, 15) is 0 Å². The Balaban J connectivity index is 2.88. The van der Waals surface area contributed by atoms with E-state index in [1.54, 1.807) is 6.20 Å². The molecule has 0 spiro atoms. The van der Waals surface area contributed by atoms with Gasteiger partial charge in [0.2, 0.25) is 0 Å². The van der Waals surface area contributed by atoms with Gasteiger partial charge in [-0.05, 0) is 15.9 Å². The SMILES string of the molecule is Brc1nc2ncncc2s1. The molecule has 0 N–H and O–H groups in total. The third-order valence-corrected chi connectivity index (χ3v) is 2.48. The Bertz CT molecular complexity index is 325. The molecular formula is C5H2BrN3S. The lowest BCUT2D eigenvalue weighted by molar-refractivity contribution is 1.20. The minimum absolute atomic E-state index is 0.756. The maximum absolute atomic E-state index is 4.10. The molecule has 0 saturated heterocycles. The van der Waals surface area contributed by atoms with Gasteiger partial charge in [-0.25, -0.2) is 15.0 Å². The average Bonchev–Trinajstić information content (AvgIpc) is 2.27. The van der Waals surface area contributed by atoms with Gasteiger partial charge in [0.1, 0.15) is 6.33 Å². The fraction of sp³-hybridized carbons (Fsp3) is 0. The lowest BCUT2D eigenvalue weighted by Gasteiger charge is -1.79. The molecule has 2 aromatic heterocycles. The second-order valence-corrected chi connectivity index (χ2v) is 3.98. The summed E-state index contributed by atoms with van der Waals surface area (Å²) in [6.45, 7) is 0. The summed E-state index contributed by atoms with van der Waals surface area (Å²) >= 11 is 4.80. The molecule has 2 aromatic rings. The minimum atomic E-state index is 0.756. The molecule has 0 atom stereocenters. The fourth-order valence-corrected chi connectivity index (χ4v) is 1.97. The molecule has 5 heteroatoms. The van der Waals surface area contributed by atoms with Gasteiger partial charge >= 0.3 is 0 Å². The third-order valence-electron chi connectivity index (χ3n) is 1.05. The van der Waals surface area contributed by atoms with E-state index >= 15 is 0 Å². The lowest BCUT2D eigenvalue weighted by atomic mass is 10.6. The highest BCUT2D eigenvalue weighted by atomic mass is 79.9. The molecule has 0 aromatic carbocycles.